The lowest BCUT2D eigenvalue weighted by atomic mass is 9.96. The van der Waals surface area contributed by atoms with E-state index >= 15 is 0 Å². The lowest BCUT2D eigenvalue weighted by Crippen LogP contribution is -2.14. The van der Waals surface area contributed by atoms with Gasteiger partial charge in [0.2, 0.25) is 6.54 Å². The van der Waals surface area contributed by atoms with Crippen molar-refractivity contribution in [3.05, 3.63) is 81.5 Å². The number of hydrogen-bond donors (Lipinski definition) is 1. The van der Waals surface area contributed by atoms with Crippen molar-refractivity contribution >= 4 is 10.9 Å². The number of hydrogen-bond acceptors (Lipinski definition) is 2. The van der Waals surface area contributed by atoms with Gasteiger partial charge in [-0.3, -0.25) is 10.1 Å². The van der Waals surface area contributed by atoms with Gasteiger partial charge in [-0.25, -0.2) is 0 Å². The van der Waals surface area contributed by atoms with Crippen LogP contribution >= 0.6 is 0 Å². The number of nitrogens with one attached hydrogen (secondary N) is 1. The molecule has 0 spiro atoms. The van der Waals surface area contributed by atoms with E-state index in [0.717, 1.165) is 22.2 Å². The van der Waals surface area contributed by atoms with Crippen LogP contribution < -0.4 is 0 Å². The number of aryl methyl sites for hydroxylation is 1. The number of nitrogens with zero attached hydrogens (tertiary/aromatic N) is 1. The third-order valence-electron chi connectivity index (χ3n) is 3.71. The predicted octanol–water partition coefficient (Wildman–Crippen LogP) is 3.88. The maximum absolute atomic E-state index is 11.0. The third kappa shape index (κ3) is 2.79. The molecule has 0 unspecified atom stereocenters. The normalized spacial score (nSPS) is 12.4. The molecule has 0 aliphatic heterocycles. The number of rotatable bonds is 4. The van der Waals surface area contributed by atoms with Gasteiger partial charge in [0.05, 0.1) is 5.92 Å². The first-order chi connectivity index (χ1) is 10.1. The Labute approximate surface area is 122 Å². The Morgan fingerprint density at radius 1 is 1.14 bits per heavy atom. The van der Waals surface area contributed by atoms with E-state index in [4.69, 9.17) is 0 Å². The second kappa shape index (κ2) is 5.40. The van der Waals surface area contributed by atoms with E-state index in [1.807, 2.05) is 55.5 Å². The largest absolute Gasteiger partial charge is 0.358 e. The third-order valence-corrected chi connectivity index (χ3v) is 3.71. The van der Waals surface area contributed by atoms with Gasteiger partial charge in [0.15, 0.2) is 0 Å². The van der Waals surface area contributed by atoms with Crippen LogP contribution in [-0.4, -0.2) is 16.5 Å². The highest BCUT2D eigenvalue weighted by molar-refractivity contribution is 5.81. The van der Waals surface area contributed by atoms with Gasteiger partial charge in [0, 0.05) is 16.1 Å². The molecule has 0 fully saturated rings. The van der Waals surface area contributed by atoms with Gasteiger partial charge in [0.1, 0.15) is 0 Å². The molecule has 4 heteroatoms. The van der Waals surface area contributed by atoms with Crippen LogP contribution in [0.1, 0.15) is 22.7 Å². The molecule has 1 aromatic heterocycles. The molecule has 0 aliphatic rings. The van der Waals surface area contributed by atoms with Crippen molar-refractivity contribution in [3.63, 3.8) is 0 Å². The summed E-state index contributed by atoms with van der Waals surface area (Å²) in [6.07, 6.45) is 0. The van der Waals surface area contributed by atoms with Gasteiger partial charge in [-0.1, -0.05) is 42.0 Å². The van der Waals surface area contributed by atoms with Gasteiger partial charge in [-0.2, -0.15) is 0 Å². The predicted molar refractivity (Wildman–Crippen MR) is 83.2 cm³/mol. The van der Waals surface area contributed by atoms with Crippen molar-refractivity contribution in [2.24, 2.45) is 0 Å². The van der Waals surface area contributed by atoms with E-state index in [9.17, 15) is 10.1 Å². The minimum atomic E-state index is -0.256. The molecule has 0 radical (unpaired) electrons. The first-order valence-corrected chi connectivity index (χ1v) is 6.89. The molecule has 1 N–H and O–H groups in total. The second-order valence-electron chi connectivity index (χ2n) is 5.29. The summed E-state index contributed by atoms with van der Waals surface area (Å²) in [6, 6.07) is 17.8. The maximum atomic E-state index is 11.0. The minimum absolute atomic E-state index is 0.115. The fourth-order valence-corrected chi connectivity index (χ4v) is 2.68. The van der Waals surface area contributed by atoms with Crippen molar-refractivity contribution in [3.8, 4) is 0 Å². The summed E-state index contributed by atoms with van der Waals surface area (Å²) >= 11 is 0. The highest BCUT2D eigenvalue weighted by Gasteiger charge is 2.21. The maximum Gasteiger partial charge on any atom is 0.216 e. The Balaban J connectivity index is 2.07. The van der Waals surface area contributed by atoms with Crippen LogP contribution in [-0.2, 0) is 0 Å². The molecule has 4 nitrogen and oxygen atoms in total. The lowest BCUT2D eigenvalue weighted by Gasteiger charge is -2.11. The monoisotopic (exact) mass is 280 g/mol. The molecule has 0 amide bonds. The summed E-state index contributed by atoms with van der Waals surface area (Å²) < 4.78 is 0. The average molecular weight is 280 g/mol. The van der Waals surface area contributed by atoms with Crippen LogP contribution in [0, 0.1) is 17.0 Å². The van der Waals surface area contributed by atoms with E-state index < -0.39 is 0 Å². The van der Waals surface area contributed by atoms with Gasteiger partial charge in [0.25, 0.3) is 0 Å². The first-order valence-electron chi connectivity index (χ1n) is 6.89. The zero-order valence-electron chi connectivity index (χ0n) is 11.7. The summed E-state index contributed by atoms with van der Waals surface area (Å²) in [5.41, 5.74) is 4.04. The standard InChI is InChI=1S/C17H16N2O2/c1-12-7-8-16-14(9-12)10-17(18-16)15(11-19(20)21)13-5-3-2-4-6-13/h2-10,15,18H,11H2,1H3/t15-/m1/s1. The van der Waals surface area contributed by atoms with E-state index in [0.29, 0.717) is 0 Å². The molecule has 1 heterocycles. The summed E-state index contributed by atoms with van der Waals surface area (Å²) in [4.78, 5) is 14.1. The number of benzene rings is 2. The lowest BCUT2D eigenvalue weighted by molar-refractivity contribution is -0.481. The summed E-state index contributed by atoms with van der Waals surface area (Å²) in [7, 11) is 0. The van der Waals surface area contributed by atoms with Gasteiger partial charge < -0.3 is 4.98 Å². The van der Waals surface area contributed by atoms with E-state index in [1.54, 1.807) is 0 Å². The topological polar surface area (TPSA) is 58.9 Å². The highest BCUT2D eigenvalue weighted by atomic mass is 16.6. The summed E-state index contributed by atoms with van der Waals surface area (Å²) in [6.45, 7) is 1.92. The minimum Gasteiger partial charge on any atom is -0.358 e. The number of H-pyrrole nitrogens is 1. The highest BCUT2D eigenvalue weighted by Crippen LogP contribution is 2.27. The number of aromatic nitrogens is 1. The molecule has 1 atom stereocenters. The molecule has 3 aromatic rings. The smallest absolute Gasteiger partial charge is 0.216 e. The van der Waals surface area contributed by atoms with Crippen LogP contribution in [0.4, 0.5) is 0 Å². The molecule has 21 heavy (non-hydrogen) atoms. The molecule has 0 saturated carbocycles. The van der Waals surface area contributed by atoms with Crippen LogP contribution in [0.25, 0.3) is 10.9 Å². The van der Waals surface area contributed by atoms with Crippen molar-refractivity contribution < 1.29 is 4.92 Å². The zero-order chi connectivity index (χ0) is 14.8. The fraction of sp³-hybridized carbons (Fsp3) is 0.176. The Bertz CT molecular complexity index is 778. The average Bonchev–Trinajstić information content (AvgIpc) is 2.88. The van der Waals surface area contributed by atoms with Crippen LogP contribution in [0.2, 0.25) is 0 Å². The summed E-state index contributed by atoms with van der Waals surface area (Å²) in [5, 5.41) is 12.1. The number of aromatic amines is 1. The second-order valence-corrected chi connectivity index (χ2v) is 5.29. The van der Waals surface area contributed by atoms with Crippen LogP contribution in [0.5, 0.6) is 0 Å². The first kappa shape index (κ1) is 13.4. The van der Waals surface area contributed by atoms with Crippen molar-refractivity contribution in [1.29, 1.82) is 0 Å². The van der Waals surface area contributed by atoms with Gasteiger partial charge in [-0.05, 0) is 36.1 Å². The van der Waals surface area contributed by atoms with E-state index in [2.05, 4.69) is 11.1 Å². The van der Waals surface area contributed by atoms with Crippen molar-refractivity contribution in [2.45, 2.75) is 12.8 Å². The quantitative estimate of drug-likeness (QED) is 0.582. The molecule has 0 aliphatic carbocycles. The fourth-order valence-electron chi connectivity index (χ4n) is 2.68. The van der Waals surface area contributed by atoms with E-state index in [-0.39, 0.29) is 17.4 Å². The number of nitro groups is 1. The Kier molecular flexibility index (Phi) is 3.44. The van der Waals surface area contributed by atoms with Crippen LogP contribution in [0.3, 0.4) is 0 Å². The molecule has 3 rings (SSSR count). The SMILES string of the molecule is Cc1ccc2[nH]c([C@H](C[N+](=O)[O-])c3ccccc3)cc2c1. The van der Waals surface area contributed by atoms with Crippen molar-refractivity contribution in [2.75, 3.05) is 6.54 Å². The molecule has 0 bridgehead atoms. The van der Waals surface area contributed by atoms with Gasteiger partial charge in [-0.15, -0.1) is 0 Å². The van der Waals surface area contributed by atoms with Gasteiger partial charge >= 0.3 is 0 Å². The molecule has 2 aromatic carbocycles. The number of fused-ring (bicyclic) bond motifs is 1. The molecular weight excluding hydrogens is 264 g/mol. The molecule has 0 saturated heterocycles. The van der Waals surface area contributed by atoms with E-state index in [1.165, 1.54) is 5.56 Å². The Morgan fingerprint density at radius 2 is 1.90 bits per heavy atom. The molecule has 106 valence electrons. The summed E-state index contributed by atoms with van der Waals surface area (Å²) in [5.74, 6) is -0.256. The Hall–Kier alpha value is -2.62. The Morgan fingerprint density at radius 3 is 2.62 bits per heavy atom. The molecular formula is C17H16N2O2. The zero-order valence-corrected chi connectivity index (χ0v) is 11.7. The van der Waals surface area contributed by atoms with Crippen LogP contribution in [0.15, 0.2) is 54.6 Å². The van der Waals surface area contributed by atoms with Crippen molar-refractivity contribution in [1.82, 2.24) is 4.98 Å².